The highest BCUT2D eigenvalue weighted by atomic mass is 79.9. The van der Waals surface area contributed by atoms with Gasteiger partial charge >= 0.3 is 0 Å². The van der Waals surface area contributed by atoms with Crippen LogP contribution in [-0.4, -0.2) is 26.6 Å². The molecule has 1 heterocycles. The van der Waals surface area contributed by atoms with Crippen molar-refractivity contribution in [3.8, 4) is 0 Å². The van der Waals surface area contributed by atoms with Crippen LogP contribution in [0.5, 0.6) is 0 Å². The number of hydrogen-bond donors (Lipinski definition) is 2. The Kier molecular flexibility index (Phi) is 6.54. The van der Waals surface area contributed by atoms with Gasteiger partial charge in [0.15, 0.2) is 0 Å². The van der Waals surface area contributed by atoms with Crippen LogP contribution in [0.15, 0.2) is 65.7 Å². The summed E-state index contributed by atoms with van der Waals surface area (Å²) in [6.45, 7) is 2.06. The van der Waals surface area contributed by atoms with E-state index in [1.54, 1.807) is 11.0 Å². The largest absolute Gasteiger partial charge is 0.349 e. The third-order valence-corrected chi connectivity index (χ3v) is 4.62. The lowest BCUT2D eigenvalue weighted by atomic mass is 10.0. The molecule has 144 valence electrons. The van der Waals surface area contributed by atoms with E-state index in [1.165, 1.54) is 13.3 Å². The third-order valence-electron chi connectivity index (χ3n) is 4.09. The molecule has 0 saturated heterocycles. The van der Waals surface area contributed by atoms with Gasteiger partial charge in [0.1, 0.15) is 12.7 Å². The standard InChI is InChI=1S/C20H20BrN5O2/c1-14(27)24-19(16-4-6-17(21)7-5-16)10-20(28)25-18-8-2-15(3-9-18)11-26-13-22-12-23-26/h2-9,12-13,19H,10-11H2,1H3,(H,24,27)(H,25,28). The van der Waals surface area contributed by atoms with Crippen LogP contribution in [0.3, 0.4) is 0 Å². The van der Waals surface area contributed by atoms with Crippen LogP contribution in [0.4, 0.5) is 5.69 Å². The minimum atomic E-state index is -0.391. The summed E-state index contributed by atoms with van der Waals surface area (Å²) in [5.74, 6) is -0.358. The van der Waals surface area contributed by atoms with Gasteiger partial charge in [-0.15, -0.1) is 0 Å². The second kappa shape index (κ2) is 9.27. The minimum absolute atomic E-state index is 0.141. The van der Waals surface area contributed by atoms with E-state index in [4.69, 9.17) is 0 Å². The molecule has 2 aromatic carbocycles. The summed E-state index contributed by atoms with van der Waals surface area (Å²) in [6, 6.07) is 14.7. The normalized spacial score (nSPS) is 11.6. The van der Waals surface area contributed by atoms with E-state index in [0.29, 0.717) is 12.2 Å². The van der Waals surface area contributed by atoms with Crippen molar-refractivity contribution in [2.24, 2.45) is 0 Å². The first kappa shape index (κ1) is 19.8. The summed E-state index contributed by atoms with van der Waals surface area (Å²) in [5, 5.41) is 9.79. The molecule has 0 radical (unpaired) electrons. The number of aromatic nitrogens is 3. The maximum atomic E-state index is 12.5. The van der Waals surface area contributed by atoms with Gasteiger partial charge in [0.25, 0.3) is 0 Å². The summed E-state index contributed by atoms with van der Waals surface area (Å²) in [5.41, 5.74) is 2.62. The molecular formula is C20H20BrN5O2. The Hall–Kier alpha value is -3.00. The summed E-state index contributed by atoms with van der Waals surface area (Å²) in [4.78, 5) is 27.9. The first-order valence-corrected chi connectivity index (χ1v) is 9.52. The lowest BCUT2D eigenvalue weighted by molar-refractivity contribution is -0.120. The summed E-state index contributed by atoms with van der Waals surface area (Å²) >= 11 is 3.39. The van der Waals surface area contributed by atoms with Gasteiger partial charge in [-0.25, -0.2) is 9.67 Å². The van der Waals surface area contributed by atoms with E-state index < -0.39 is 6.04 Å². The molecule has 0 aliphatic rings. The van der Waals surface area contributed by atoms with Crippen LogP contribution < -0.4 is 10.6 Å². The second-order valence-corrected chi connectivity index (χ2v) is 7.26. The van der Waals surface area contributed by atoms with Gasteiger partial charge in [-0.3, -0.25) is 9.59 Å². The highest BCUT2D eigenvalue weighted by Gasteiger charge is 2.17. The quantitative estimate of drug-likeness (QED) is 0.588. The van der Waals surface area contributed by atoms with Gasteiger partial charge in [-0.05, 0) is 35.4 Å². The number of carbonyl (C=O) groups is 2. The van der Waals surface area contributed by atoms with Gasteiger partial charge in [0, 0.05) is 17.1 Å². The van der Waals surface area contributed by atoms with Gasteiger partial charge in [0.2, 0.25) is 11.8 Å². The van der Waals surface area contributed by atoms with Crippen molar-refractivity contribution >= 4 is 33.4 Å². The molecule has 1 atom stereocenters. The van der Waals surface area contributed by atoms with Crippen LogP contribution in [0, 0.1) is 0 Å². The Labute approximate surface area is 171 Å². The van der Waals surface area contributed by atoms with Crippen molar-refractivity contribution in [2.75, 3.05) is 5.32 Å². The molecule has 0 aliphatic carbocycles. The van der Waals surface area contributed by atoms with E-state index in [2.05, 4.69) is 36.6 Å². The number of hydrogen-bond acceptors (Lipinski definition) is 4. The predicted molar refractivity (Wildman–Crippen MR) is 110 cm³/mol. The molecule has 7 nitrogen and oxygen atoms in total. The molecular weight excluding hydrogens is 422 g/mol. The van der Waals surface area contributed by atoms with Crippen molar-refractivity contribution in [1.29, 1.82) is 0 Å². The van der Waals surface area contributed by atoms with Crippen molar-refractivity contribution < 1.29 is 9.59 Å². The Morgan fingerprint density at radius 2 is 1.82 bits per heavy atom. The molecule has 0 fully saturated rings. The zero-order valence-electron chi connectivity index (χ0n) is 15.3. The number of rotatable bonds is 7. The molecule has 0 bridgehead atoms. The van der Waals surface area contributed by atoms with Crippen LogP contribution in [0.25, 0.3) is 0 Å². The Balaban J connectivity index is 1.62. The first-order valence-electron chi connectivity index (χ1n) is 8.73. The molecule has 2 amide bonds. The fourth-order valence-corrected chi connectivity index (χ4v) is 3.05. The SMILES string of the molecule is CC(=O)NC(CC(=O)Nc1ccc(Cn2cncn2)cc1)c1ccc(Br)cc1. The molecule has 8 heteroatoms. The molecule has 1 aromatic heterocycles. The van der Waals surface area contributed by atoms with Crippen molar-refractivity contribution in [2.45, 2.75) is 25.9 Å². The molecule has 1 unspecified atom stereocenters. The smallest absolute Gasteiger partial charge is 0.226 e. The zero-order chi connectivity index (χ0) is 19.9. The Bertz CT molecular complexity index is 924. The number of carbonyl (C=O) groups excluding carboxylic acids is 2. The van der Waals surface area contributed by atoms with E-state index >= 15 is 0 Å². The van der Waals surface area contributed by atoms with Crippen LogP contribution in [-0.2, 0) is 16.1 Å². The zero-order valence-corrected chi connectivity index (χ0v) is 16.9. The maximum Gasteiger partial charge on any atom is 0.226 e. The topological polar surface area (TPSA) is 88.9 Å². The number of benzene rings is 2. The van der Waals surface area contributed by atoms with Gasteiger partial charge in [-0.2, -0.15) is 5.10 Å². The number of anilines is 1. The molecule has 3 aromatic rings. The number of amides is 2. The minimum Gasteiger partial charge on any atom is -0.349 e. The van der Waals surface area contributed by atoms with Gasteiger partial charge in [-0.1, -0.05) is 40.2 Å². The first-order chi connectivity index (χ1) is 13.5. The highest BCUT2D eigenvalue weighted by molar-refractivity contribution is 9.10. The number of nitrogens with zero attached hydrogens (tertiary/aromatic N) is 3. The lowest BCUT2D eigenvalue weighted by Crippen LogP contribution is -2.29. The van der Waals surface area contributed by atoms with Crippen molar-refractivity contribution in [3.63, 3.8) is 0 Å². The van der Waals surface area contributed by atoms with Crippen LogP contribution in [0.2, 0.25) is 0 Å². The molecule has 28 heavy (non-hydrogen) atoms. The van der Waals surface area contributed by atoms with E-state index in [0.717, 1.165) is 15.6 Å². The van der Waals surface area contributed by atoms with Gasteiger partial charge < -0.3 is 10.6 Å². The highest BCUT2D eigenvalue weighted by Crippen LogP contribution is 2.21. The Morgan fingerprint density at radius 3 is 2.43 bits per heavy atom. The second-order valence-electron chi connectivity index (χ2n) is 6.35. The van der Waals surface area contributed by atoms with Crippen molar-refractivity contribution in [1.82, 2.24) is 20.1 Å². The fraction of sp³-hybridized carbons (Fsp3) is 0.200. The number of halogens is 1. The molecule has 0 spiro atoms. The van der Waals surface area contributed by atoms with E-state index in [1.807, 2.05) is 48.5 Å². The summed E-state index contributed by atoms with van der Waals surface area (Å²) in [6.07, 6.45) is 3.29. The Morgan fingerprint density at radius 1 is 1.11 bits per heavy atom. The average molecular weight is 442 g/mol. The number of nitrogens with one attached hydrogen (secondary N) is 2. The van der Waals surface area contributed by atoms with Crippen LogP contribution >= 0.6 is 15.9 Å². The molecule has 3 rings (SSSR count). The molecule has 0 aliphatic heterocycles. The summed E-state index contributed by atoms with van der Waals surface area (Å²) < 4.78 is 2.66. The third kappa shape index (κ3) is 5.75. The summed E-state index contributed by atoms with van der Waals surface area (Å²) in [7, 11) is 0. The van der Waals surface area contributed by atoms with Gasteiger partial charge in [0.05, 0.1) is 19.0 Å². The van der Waals surface area contributed by atoms with E-state index in [-0.39, 0.29) is 18.2 Å². The van der Waals surface area contributed by atoms with E-state index in [9.17, 15) is 9.59 Å². The lowest BCUT2D eigenvalue weighted by Gasteiger charge is -2.18. The average Bonchev–Trinajstić information content (AvgIpc) is 3.16. The monoisotopic (exact) mass is 441 g/mol. The molecule has 2 N–H and O–H groups in total. The maximum absolute atomic E-state index is 12.5. The van der Waals surface area contributed by atoms with Crippen LogP contribution in [0.1, 0.15) is 30.5 Å². The predicted octanol–water partition coefficient (Wildman–Crippen LogP) is 3.29. The molecule has 0 saturated carbocycles. The fourth-order valence-electron chi connectivity index (χ4n) is 2.79. The van der Waals surface area contributed by atoms with Crippen molar-refractivity contribution in [3.05, 3.63) is 76.8 Å².